The topological polar surface area (TPSA) is 96.9 Å². The first-order valence-electron chi connectivity index (χ1n) is 5.71. The molecule has 0 aliphatic carbocycles. The van der Waals surface area contributed by atoms with Crippen LogP contribution in [0.3, 0.4) is 0 Å². The number of anilines is 1. The number of aromatic nitrogens is 2. The minimum Gasteiger partial charge on any atom is -0.469 e. The number of furan rings is 1. The van der Waals surface area contributed by atoms with Gasteiger partial charge in [0.1, 0.15) is 5.76 Å². The van der Waals surface area contributed by atoms with Crippen LogP contribution < -0.4 is 11.1 Å². The number of rotatable bonds is 4. The van der Waals surface area contributed by atoms with Gasteiger partial charge in [-0.05, 0) is 26.0 Å². The maximum Gasteiger partial charge on any atom is 0.274 e. The lowest BCUT2D eigenvalue weighted by atomic mass is 10.2. The summed E-state index contributed by atoms with van der Waals surface area (Å²) < 4.78 is 5.22. The Bertz CT molecular complexity index is 530. The lowest BCUT2D eigenvalue weighted by Crippen LogP contribution is -2.34. The van der Waals surface area contributed by atoms with Crippen molar-refractivity contribution in [2.75, 3.05) is 5.73 Å². The van der Waals surface area contributed by atoms with E-state index >= 15 is 0 Å². The van der Waals surface area contributed by atoms with E-state index < -0.39 is 0 Å². The molecule has 2 heterocycles. The lowest BCUT2D eigenvalue weighted by Gasteiger charge is -2.11. The number of hydrogen-bond donors (Lipinski definition) is 3. The molecule has 6 heteroatoms. The predicted octanol–water partition coefficient (Wildman–Crippen LogP) is 1.25. The zero-order chi connectivity index (χ0) is 13.1. The van der Waals surface area contributed by atoms with Crippen molar-refractivity contribution in [3.05, 3.63) is 35.5 Å². The van der Waals surface area contributed by atoms with Gasteiger partial charge in [-0.2, -0.15) is 5.10 Å². The lowest BCUT2D eigenvalue weighted by molar-refractivity contribution is 0.0935. The number of carbonyl (C=O) groups is 1. The number of nitrogens with two attached hydrogens (primary N) is 1. The fourth-order valence-electron chi connectivity index (χ4n) is 1.68. The molecule has 0 spiro atoms. The van der Waals surface area contributed by atoms with E-state index in [1.54, 1.807) is 13.2 Å². The van der Waals surface area contributed by atoms with Crippen LogP contribution in [-0.4, -0.2) is 22.1 Å². The first-order valence-corrected chi connectivity index (χ1v) is 5.71. The fraction of sp³-hybridized carbons (Fsp3) is 0.333. The van der Waals surface area contributed by atoms with Gasteiger partial charge in [0.15, 0.2) is 5.69 Å². The fourth-order valence-corrected chi connectivity index (χ4v) is 1.68. The first kappa shape index (κ1) is 12.2. The van der Waals surface area contributed by atoms with Gasteiger partial charge in [-0.15, -0.1) is 0 Å². The minimum absolute atomic E-state index is 0.0555. The van der Waals surface area contributed by atoms with Gasteiger partial charge in [0.2, 0.25) is 0 Å². The summed E-state index contributed by atoms with van der Waals surface area (Å²) in [6, 6.07) is 3.63. The zero-order valence-electron chi connectivity index (χ0n) is 10.4. The third-order valence-electron chi connectivity index (χ3n) is 2.67. The highest BCUT2D eigenvalue weighted by Crippen LogP contribution is 2.12. The van der Waals surface area contributed by atoms with E-state index in [2.05, 4.69) is 15.5 Å². The van der Waals surface area contributed by atoms with Crippen molar-refractivity contribution in [1.82, 2.24) is 15.5 Å². The molecule has 4 N–H and O–H groups in total. The van der Waals surface area contributed by atoms with Crippen molar-refractivity contribution in [3.63, 3.8) is 0 Å². The van der Waals surface area contributed by atoms with Crippen LogP contribution in [0.1, 0.15) is 28.9 Å². The monoisotopic (exact) mass is 248 g/mol. The van der Waals surface area contributed by atoms with Crippen LogP contribution in [0.4, 0.5) is 5.69 Å². The van der Waals surface area contributed by atoms with Crippen molar-refractivity contribution >= 4 is 11.6 Å². The van der Waals surface area contributed by atoms with Gasteiger partial charge < -0.3 is 15.5 Å². The summed E-state index contributed by atoms with van der Waals surface area (Å²) in [5, 5.41) is 9.39. The summed E-state index contributed by atoms with van der Waals surface area (Å²) in [7, 11) is 0. The van der Waals surface area contributed by atoms with Crippen LogP contribution in [-0.2, 0) is 6.42 Å². The average Bonchev–Trinajstić information content (AvgIpc) is 2.91. The van der Waals surface area contributed by atoms with Crippen molar-refractivity contribution in [2.24, 2.45) is 0 Å². The Balaban J connectivity index is 1.97. The van der Waals surface area contributed by atoms with Gasteiger partial charge in [-0.1, -0.05) is 0 Å². The van der Waals surface area contributed by atoms with E-state index in [1.165, 1.54) is 0 Å². The van der Waals surface area contributed by atoms with E-state index in [0.29, 0.717) is 17.8 Å². The number of H-pyrrole nitrogens is 1. The van der Waals surface area contributed by atoms with Gasteiger partial charge in [0.05, 0.1) is 17.6 Å². The van der Waals surface area contributed by atoms with Gasteiger partial charge in [0.25, 0.3) is 5.91 Å². The molecule has 0 aromatic carbocycles. The van der Waals surface area contributed by atoms with Crippen LogP contribution >= 0.6 is 0 Å². The summed E-state index contributed by atoms with van der Waals surface area (Å²) in [5.74, 6) is 0.546. The second kappa shape index (κ2) is 4.95. The molecule has 6 nitrogen and oxygen atoms in total. The van der Waals surface area contributed by atoms with E-state index in [9.17, 15) is 4.79 Å². The van der Waals surface area contributed by atoms with Crippen LogP contribution in [0, 0.1) is 6.92 Å². The molecule has 0 aliphatic heterocycles. The minimum atomic E-state index is -0.282. The molecular formula is C12H16N4O2. The molecule has 18 heavy (non-hydrogen) atoms. The number of nitrogens with one attached hydrogen (secondary N) is 2. The highest BCUT2D eigenvalue weighted by atomic mass is 16.3. The summed E-state index contributed by atoms with van der Waals surface area (Å²) in [5.41, 5.74) is 7.06. The van der Waals surface area contributed by atoms with Gasteiger partial charge in [-0.3, -0.25) is 9.89 Å². The highest BCUT2D eigenvalue weighted by Gasteiger charge is 2.17. The van der Waals surface area contributed by atoms with Crippen molar-refractivity contribution < 1.29 is 9.21 Å². The summed E-state index contributed by atoms with van der Waals surface area (Å²) >= 11 is 0. The van der Waals surface area contributed by atoms with Crippen LogP contribution in [0.15, 0.2) is 22.8 Å². The Kier molecular flexibility index (Phi) is 3.36. The molecule has 0 radical (unpaired) electrons. The number of amides is 1. The van der Waals surface area contributed by atoms with E-state index in [1.807, 2.05) is 19.1 Å². The van der Waals surface area contributed by atoms with Gasteiger partial charge in [-0.25, -0.2) is 0 Å². The van der Waals surface area contributed by atoms with Gasteiger partial charge >= 0.3 is 0 Å². The molecule has 96 valence electrons. The van der Waals surface area contributed by atoms with E-state index in [4.69, 9.17) is 10.2 Å². The Morgan fingerprint density at radius 1 is 1.67 bits per heavy atom. The normalized spacial score (nSPS) is 12.3. The molecule has 0 saturated carbocycles. The van der Waals surface area contributed by atoms with Crippen molar-refractivity contribution in [3.8, 4) is 0 Å². The summed E-state index contributed by atoms with van der Waals surface area (Å²) in [4.78, 5) is 11.9. The third-order valence-corrected chi connectivity index (χ3v) is 2.67. The van der Waals surface area contributed by atoms with E-state index in [0.717, 1.165) is 5.76 Å². The number of aromatic amines is 1. The maximum absolute atomic E-state index is 11.9. The molecule has 1 unspecified atom stereocenters. The second-order valence-corrected chi connectivity index (χ2v) is 4.27. The summed E-state index contributed by atoms with van der Waals surface area (Å²) in [6.45, 7) is 3.67. The zero-order valence-corrected chi connectivity index (χ0v) is 10.4. The highest BCUT2D eigenvalue weighted by molar-refractivity contribution is 5.97. The second-order valence-electron chi connectivity index (χ2n) is 4.27. The van der Waals surface area contributed by atoms with Crippen molar-refractivity contribution in [2.45, 2.75) is 26.3 Å². The average molecular weight is 248 g/mol. The molecule has 0 saturated heterocycles. The van der Waals surface area contributed by atoms with E-state index in [-0.39, 0.29) is 17.6 Å². The Morgan fingerprint density at radius 3 is 3.00 bits per heavy atom. The molecule has 1 amide bonds. The molecule has 0 aliphatic rings. The third kappa shape index (κ3) is 2.53. The van der Waals surface area contributed by atoms with Crippen LogP contribution in [0.5, 0.6) is 0 Å². The number of nitrogens with zero attached hydrogens (tertiary/aromatic N) is 1. The summed E-state index contributed by atoms with van der Waals surface area (Å²) in [6.07, 6.45) is 2.24. The smallest absolute Gasteiger partial charge is 0.274 e. The number of carbonyl (C=O) groups excluding carboxylic acids is 1. The largest absolute Gasteiger partial charge is 0.469 e. The quantitative estimate of drug-likeness (QED) is 0.758. The molecule has 0 bridgehead atoms. The maximum atomic E-state index is 11.9. The molecule has 2 rings (SSSR count). The Morgan fingerprint density at radius 2 is 2.44 bits per heavy atom. The standard InChI is InChI=1S/C12H16N4O2/c1-7(6-9-4-3-5-18-9)14-12(17)11-10(13)8(2)15-16-11/h3-5,7H,6,13H2,1-2H3,(H,14,17)(H,15,16). The number of nitrogen functional groups attached to an aromatic ring is 1. The Hall–Kier alpha value is -2.24. The number of hydrogen-bond acceptors (Lipinski definition) is 4. The molecular weight excluding hydrogens is 232 g/mol. The molecule has 2 aromatic heterocycles. The first-order chi connectivity index (χ1) is 8.58. The van der Waals surface area contributed by atoms with Crippen LogP contribution in [0.2, 0.25) is 0 Å². The molecule has 0 fully saturated rings. The van der Waals surface area contributed by atoms with Crippen LogP contribution in [0.25, 0.3) is 0 Å². The number of aryl methyl sites for hydroxylation is 1. The van der Waals surface area contributed by atoms with Gasteiger partial charge in [0, 0.05) is 12.5 Å². The Labute approximate surface area is 105 Å². The SMILES string of the molecule is Cc1[nH]nc(C(=O)NC(C)Cc2ccco2)c1N. The molecule has 2 aromatic rings. The predicted molar refractivity (Wildman–Crippen MR) is 67.1 cm³/mol. The van der Waals surface area contributed by atoms with Crippen molar-refractivity contribution in [1.29, 1.82) is 0 Å². The molecule has 1 atom stereocenters.